The highest BCUT2D eigenvalue weighted by Gasteiger charge is 2.20. The Balaban J connectivity index is 2.03. The van der Waals surface area contributed by atoms with E-state index in [-0.39, 0.29) is 18.1 Å². The first kappa shape index (κ1) is 16.8. The molecule has 5 nitrogen and oxygen atoms in total. The van der Waals surface area contributed by atoms with Crippen molar-refractivity contribution in [3.8, 4) is 0 Å². The SMILES string of the molecule is Cc1cccc(C)c1CCNC(=O)c1c(C)coc1CC(=O)O. The van der Waals surface area contributed by atoms with Gasteiger partial charge in [-0.3, -0.25) is 9.59 Å². The van der Waals surface area contributed by atoms with Gasteiger partial charge in [-0.2, -0.15) is 0 Å². The number of aryl methyl sites for hydroxylation is 3. The number of benzene rings is 1. The number of carbonyl (C=O) groups excluding carboxylic acids is 1. The van der Waals surface area contributed by atoms with Crippen LogP contribution in [0.1, 0.15) is 38.4 Å². The second kappa shape index (κ2) is 7.13. The number of hydrogen-bond donors (Lipinski definition) is 2. The summed E-state index contributed by atoms with van der Waals surface area (Å²) >= 11 is 0. The number of nitrogens with one attached hydrogen (secondary N) is 1. The molecule has 0 atom stereocenters. The van der Waals surface area contributed by atoms with Crippen LogP contribution < -0.4 is 5.32 Å². The van der Waals surface area contributed by atoms with Gasteiger partial charge in [0, 0.05) is 12.1 Å². The minimum Gasteiger partial charge on any atom is -0.481 e. The van der Waals surface area contributed by atoms with Crippen LogP contribution in [0.5, 0.6) is 0 Å². The average molecular weight is 315 g/mol. The summed E-state index contributed by atoms with van der Waals surface area (Å²) in [6.07, 6.45) is 1.85. The zero-order chi connectivity index (χ0) is 17.0. The molecule has 0 saturated heterocycles. The fourth-order valence-corrected chi connectivity index (χ4v) is 2.70. The Morgan fingerprint density at radius 3 is 2.39 bits per heavy atom. The summed E-state index contributed by atoms with van der Waals surface area (Å²) in [5, 5.41) is 11.7. The molecule has 0 unspecified atom stereocenters. The van der Waals surface area contributed by atoms with Crippen molar-refractivity contribution in [2.75, 3.05) is 6.54 Å². The van der Waals surface area contributed by atoms with Crippen molar-refractivity contribution in [3.63, 3.8) is 0 Å². The van der Waals surface area contributed by atoms with Gasteiger partial charge in [-0.1, -0.05) is 18.2 Å². The van der Waals surface area contributed by atoms with Gasteiger partial charge in [-0.25, -0.2) is 0 Å². The summed E-state index contributed by atoms with van der Waals surface area (Å²) in [7, 11) is 0. The van der Waals surface area contributed by atoms with Crippen molar-refractivity contribution < 1.29 is 19.1 Å². The fourth-order valence-electron chi connectivity index (χ4n) is 2.70. The molecule has 1 heterocycles. The second-order valence-electron chi connectivity index (χ2n) is 5.66. The molecule has 23 heavy (non-hydrogen) atoms. The summed E-state index contributed by atoms with van der Waals surface area (Å²) in [5.41, 5.74) is 4.60. The number of amides is 1. The topological polar surface area (TPSA) is 79.5 Å². The number of hydrogen-bond acceptors (Lipinski definition) is 3. The number of aliphatic carboxylic acids is 1. The lowest BCUT2D eigenvalue weighted by Gasteiger charge is -2.11. The molecule has 0 saturated carbocycles. The van der Waals surface area contributed by atoms with Crippen molar-refractivity contribution in [3.05, 3.63) is 58.0 Å². The lowest BCUT2D eigenvalue weighted by molar-refractivity contribution is -0.136. The molecule has 5 heteroatoms. The Hall–Kier alpha value is -2.56. The lowest BCUT2D eigenvalue weighted by Crippen LogP contribution is -2.27. The molecule has 2 N–H and O–H groups in total. The summed E-state index contributed by atoms with van der Waals surface area (Å²) in [4.78, 5) is 23.2. The largest absolute Gasteiger partial charge is 0.481 e. The highest BCUT2D eigenvalue weighted by molar-refractivity contribution is 5.97. The quantitative estimate of drug-likeness (QED) is 0.859. The van der Waals surface area contributed by atoms with Crippen LogP contribution in [0, 0.1) is 20.8 Å². The first-order valence-electron chi connectivity index (χ1n) is 7.52. The number of furan rings is 1. The number of carboxylic acid groups (broad SMARTS) is 1. The van der Waals surface area contributed by atoms with Crippen molar-refractivity contribution in [2.24, 2.45) is 0 Å². The van der Waals surface area contributed by atoms with E-state index in [0.29, 0.717) is 17.7 Å². The van der Waals surface area contributed by atoms with Crippen LogP contribution in [0.4, 0.5) is 0 Å². The van der Waals surface area contributed by atoms with Gasteiger partial charge in [0.05, 0.1) is 11.8 Å². The molecule has 1 aromatic heterocycles. The zero-order valence-electron chi connectivity index (χ0n) is 13.6. The monoisotopic (exact) mass is 315 g/mol. The number of rotatable bonds is 6. The Morgan fingerprint density at radius 1 is 1.13 bits per heavy atom. The van der Waals surface area contributed by atoms with Crippen molar-refractivity contribution in [1.82, 2.24) is 5.32 Å². The van der Waals surface area contributed by atoms with E-state index in [4.69, 9.17) is 9.52 Å². The zero-order valence-corrected chi connectivity index (χ0v) is 13.6. The maximum Gasteiger partial charge on any atom is 0.311 e. The molecule has 0 aliphatic heterocycles. The molecule has 0 bridgehead atoms. The average Bonchev–Trinajstić information content (AvgIpc) is 2.82. The first-order chi connectivity index (χ1) is 10.9. The maximum atomic E-state index is 12.3. The van der Waals surface area contributed by atoms with Crippen LogP contribution in [0.3, 0.4) is 0 Å². The summed E-state index contributed by atoms with van der Waals surface area (Å²) in [6.45, 7) is 6.32. The van der Waals surface area contributed by atoms with Crippen molar-refractivity contribution in [2.45, 2.75) is 33.6 Å². The van der Waals surface area contributed by atoms with Crippen LogP contribution in [0.2, 0.25) is 0 Å². The molecule has 0 spiro atoms. The number of carboxylic acids is 1. The van der Waals surface area contributed by atoms with Gasteiger partial charge < -0.3 is 14.8 Å². The van der Waals surface area contributed by atoms with E-state index in [1.54, 1.807) is 6.92 Å². The van der Waals surface area contributed by atoms with E-state index in [0.717, 1.165) is 6.42 Å². The van der Waals surface area contributed by atoms with Gasteiger partial charge in [0.1, 0.15) is 12.2 Å². The van der Waals surface area contributed by atoms with Gasteiger partial charge in [0.15, 0.2) is 0 Å². The Labute approximate surface area is 135 Å². The third-order valence-corrected chi connectivity index (χ3v) is 3.90. The van der Waals surface area contributed by atoms with Crippen molar-refractivity contribution in [1.29, 1.82) is 0 Å². The van der Waals surface area contributed by atoms with Crippen LogP contribution in [-0.2, 0) is 17.6 Å². The third kappa shape index (κ3) is 4.00. The highest BCUT2D eigenvalue weighted by atomic mass is 16.4. The van der Waals surface area contributed by atoms with Crippen LogP contribution in [-0.4, -0.2) is 23.5 Å². The lowest BCUT2D eigenvalue weighted by atomic mass is 10.00. The second-order valence-corrected chi connectivity index (χ2v) is 5.66. The molecule has 1 amide bonds. The Bertz CT molecular complexity index is 710. The highest BCUT2D eigenvalue weighted by Crippen LogP contribution is 2.18. The van der Waals surface area contributed by atoms with E-state index in [1.807, 2.05) is 6.07 Å². The Morgan fingerprint density at radius 2 is 1.78 bits per heavy atom. The van der Waals surface area contributed by atoms with E-state index in [2.05, 4.69) is 31.3 Å². The van der Waals surface area contributed by atoms with Crippen LogP contribution in [0.25, 0.3) is 0 Å². The third-order valence-electron chi connectivity index (χ3n) is 3.90. The minimum absolute atomic E-state index is 0.194. The summed E-state index contributed by atoms with van der Waals surface area (Å²) in [6, 6.07) is 6.12. The van der Waals surface area contributed by atoms with Gasteiger partial charge in [-0.15, -0.1) is 0 Å². The van der Waals surface area contributed by atoms with Crippen LogP contribution in [0.15, 0.2) is 28.9 Å². The standard InChI is InChI=1S/C18H21NO4/c1-11-5-4-6-12(2)14(11)7-8-19-18(22)17-13(3)10-23-15(17)9-16(20)21/h4-6,10H,7-9H2,1-3H3,(H,19,22)(H,20,21). The molecule has 1 aromatic carbocycles. The van der Waals surface area contributed by atoms with Gasteiger partial charge >= 0.3 is 5.97 Å². The van der Waals surface area contributed by atoms with Gasteiger partial charge in [-0.05, 0) is 43.9 Å². The number of carbonyl (C=O) groups is 2. The van der Waals surface area contributed by atoms with Gasteiger partial charge in [0.25, 0.3) is 5.91 Å². The van der Waals surface area contributed by atoms with Crippen molar-refractivity contribution >= 4 is 11.9 Å². The van der Waals surface area contributed by atoms with E-state index >= 15 is 0 Å². The minimum atomic E-state index is -1.02. The molecule has 0 fully saturated rings. The molecule has 122 valence electrons. The normalized spacial score (nSPS) is 10.6. The maximum absolute atomic E-state index is 12.3. The molecular formula is C18H21NO4. The van der Waals surface area contributed by atoms with Crippen LogP contribution >= 0.6 is 0 Å². The van der Waals surface area contributed by atoms with Gasteiger partial charge in [0.2, 0.25) is 0 Å². The predicted octanol–water partition coefficient (Wildman–Crippen LogP) is 2.80. The van der Waals surface area contributed by atoms with E-state index < -0.39 is 5.97 Å². The molecule has 2 aromatic rings. The Kier molecular flexibility index (Phi) is 5.21. The smallest absolute Gasteiger partial charge is 0.311 e. The first-order valence-corrected chi connectivity index (χ1v) is 7.52. The molecule has 2 rings (SSSR count). The molecule has 0 radical (unpaired) electrons. The molecule has 0 aliphatic rings. The predicted molar refractivity (Wildman–Crippen MR) is 86.7 cm³/mol. The summed E-state index contributed by atoms with van der Waals surface area (Å²) < 4.78 is 5.19. The molecular weight excluding hydrogens is 294 g/mol. The summed E-state index contributed by atoms with van der Waals surface area (Å²) in [5.74, 6) is -1.12. The molecule has 0 aliphatic carbocycles. The van der Waals surface area contributed by atoms with E-state index in [9.17, 15) is 9.59 Å². The fraction of sp³-hybridized carbons (Fsp3) is 0.333. The van der Waals surface area contributed by atoms with E-state index in [1.165, 1.54) is 23.0 Å².